The van der Waals surface area contributed by atoms with E-state index in [0.717, 1.165) is 15.8 Å². The summed E-state index contributed by atoms with van der Waals surface area (Å²) in [6.45, 7) is 0.431. The highest BCUT2D eigenvalue weighted by Gasteiger charge is 2.10. The standard InChI is InChI=1S/C13H13BrN2O/c14-11-1-3-12(4-2-11)17-13(9-15)10-5-7-16-8-6-10/h1-8,13H,9,15H2. The second-order valence-corrected chi connectivity index (χ2v) is 4.49. The van der Waals surface area contributed by atoms with Crippen LogP contribution in [0, 0.1) is 0 Å². The summed E-state index contributed by atoms with van der Waals surface area (Å²) in [5, 5.41) is 0. The highest BCUT2D eigenvalue weighted by molar-refractivity contribution is 9.10. The monoisotopic (exact) mass is 292 g/mol. The topological polar surface area (TPSA) is 48.1 Å². The molecule has 0 aliphatic rings. The maximum atomic E-state index is 5.83. The lowest BCUT2D eigenvalue weighted by Gasteiger charge is -2.17. The molecule has 1 unspecified atom stereocenters. The highest BCUT2D eigenvalue weighted by atomic mass is 79.9. The molecule has 0 fully saturated rings. The summed E-state index contributed by atoms with van der Waals surface area (Å²) in [6, 6.07) is 11.5. The third kappa shape index (κ3) is 3.28. The average Bonchev–Trinajstić information content (AvgIpc) is 2.39. The molecule has 0 amide bonds. The van der Waals surface area contributed by atoms with Crippen molar-refractivity contribution in [3.05, 3.63) is 58.8 Å². The zero-order valence-electron chi connectivity index (χ0n) is 9.21. The molecule has 1 atom stereocenters. The van der Waals surface area contributed by atoms with Gasteiger partial charge in [-0.05, 0) is 42.0 Å². The van der Waals surface area contributed by atoms with Crippen molar-refractivity contribution in [1.29, 1.82) is 0 Å². The van der Waals surface area contributed by atoms with Crippen LogP contribution in [0.25, 0.3) is 0 Å². The molecule has 0 aliphatic carbocycles. The highest BCUT2D eigenvalue weighted by Crippen LogP contribution is 2.22. The van der Waals surface area contributed by atoms with E-state index in [1.54, 1.807) is 12.4 Å². The number of benzene rings is 1. The van der Waals surface area contributed by atoms with Crippen molar-refractivity contribution in [2.75, 3.05) is 6.54 Å². The number of aromatic nitrogens is 1. The number of hydrogen-bond acceptors (Lipinski definition) is 3. The lowest BCUT2D eigenvalue weighted by atomic mass is 10.1. The quantitative estimate of drug-likeness (QED) is 0.943. The molecular formula is C13H13BrN2O. The number of nitrogens with two attached hydrogens (primary N) is 1. The van der Waals surface area contributed by atoms with Crippen LogP contribution in [0.15, 0.2) is 53.3 Å². The zero-order valence-corrected chi connectivity index (χ0v) is 10.8. The zero-order chi connectivity index (χ0) is 12.1. The molecule has 2 N–H and O–H groups in total. The Labute approximate surface area is 109 Å². The Morgan fingerprint density at radius 2 is 1.76 bits per heavy atom. The smallest absolute Gasteiger partial charge is 0.136 e. The van der Waals surface area contributed by atoms with E-state index in [0.29, 0.717) is 6.54 Å². The van der Waals surface area contributed by atoms with Crippen molar-refractivity contribution < 1.29 is 4.74 Å². The predicted molar refractivity (Wildman–Crippen MR) is 70.8 cm³/mol. The molecule has 2 rings (SSSR count). The van der Waals surface area contributed by atoms with Gasteiger partial charge in [0.2, 0.25) is 0 Å². The predicted octanol–water partition coefficient (Wildman–Crippen LogP) is 2.92. The Morgan fingerprint density at radius 3 is 2.35 bits per heavy atom. The molecule has 4 heteroatoms. The fraction of sp³-hybridized carbons (Fsp3) is 0.154. The molecule has 1 aromatic heterocycles. The largest absolute Gasteiger partial charge is 0.484 e. The van der Waals surface area contributed by atoms with Crippen LogP contribution in [0.1, 0.15) is 11.7 Å². The van der Waals surface area contributed by atoms with E-state index >= 15 is 0 Å². The van der Waals surface area contributed by atoms with Crippen LogP contribution < -0.4 is 10.5 Å². The minimum Gasteiger partial charge on any atom is -0.484 e. The third-order valence-electron chi connectivity index (χ3n) is 2.38. The Morgan fingerprint density at radius 1 is 1.12 bits per heavy atom. The summed E-state index contributed by atoms with van der Waals surface area (Å²) in [7, 11) is 0. The van der Waals surface area contributed by atoms with Gasteiger partial charge < -0.3 is 10.5 Å². The first-order chi connectivity index (χ1) is 8.29. The van der Waals surface area contributed by atoms with Crippen molar-refractivity contribution in [2.45, 2.75) is 6.10 Å². The summed E-state index contributed by atoms with van der Waals surface area (Å²) >= 11 is 3.39. The van der Waals surface area contributed by atoms with Crippen LogP contribution in [0.2, 0.25) is 0 Å². The van der Waals surface area contributed by atoms with E-state index in [4.69, 9.17) is 10.5 Å². The van der Waals surface area contributed by atoms with Gasteiger partial charge in [0.05, 0.1) is 0 Å². The van der Waals surface area contributed by atoms with Gasteiger partial charge in [-0.2, -0.15) is 0 Å². The Balaban J connectivity index is 2.13. The molecule has 1 heterocycles. The SMILES string of the molecule is NCC(Oc1ccc(Br)cc1)c1ccncc1. The number of pyridine rings is 1. The molecule has 17 heavy (non-hydrogen) atoms. The molecular weight excluding hydrogens is 280 g/mol. The Kier molecular flexibility index (Phi) is 4.12. The van der Waals surface area contributed by atoms with E-state index in [9.17, 15) is 0 Å². The normalized spacial score (nSPS) is 12.1. The van der Waals surface area contributed by atoms with Gasteiger partial charge in [-0.3, -0.25) is 4.98 Å². The number of hydrogen-bond donors (Lipinski definition) is 1. The molecule has 0 bridgehead atoms. The van der Waals surface area contributed by atoms with E-state index in [-0.39, 0.29) is 6.10 Å². The number of rotatable bonds is 4. The van der Waals surface area contributed by atoms with Gasteiger partial charge in [0, 0.05) is 23.4 Å². The molecule has 3 nitrogen and oxygen atoms in total. The fourth-order valence-electron chi connectivity index (χ4n) is 1.51. The number of halogens is 1. The third-order valence-corrected chi connectivity index (χ3v) is 2.91. The van der Waals surface area contributed by atoms with Gasteiger partial charge in [-0.1, -0.05) is 15.9 Å². The second-order valence-electron chi connectivity index (χ2n) is 3.58. The molecule has 1 aromatic carbocycles. The maximum absolute atomic E-state index is 5.83. The minimum absolute atomic E-state index is 0.140. The fourth-order valence-corrected chi connectivity index (χ4v) is 1.77. The van der Waals surface area contributed by atoms with Gasteiger partial charge in [0.25, 0.3) is 0 Å². The van der Waals surface area contributed by atoms with Crippen LogP contribution in [0.5, 0.6) is 5.75 Å². The van der Waals surface area contributed by atoms with Crippen molar-refractivity contribution >= 4 is 15.9 Å². The van der Waals surface area contributed by atoms with Crippen molar-refractivity contribution in [2.24, 2.45) is 5.73 Å². The summed E-state index contributed by atoms with van der Waals surface area (Å²) in [4.78, 5) is 3.98. The lowest BCUT2D eigenvalue weighted by Crippen LogP contribution is -2.18. The van der Waals surface area contributed by atoms with Gasteiger partial charge in [0.1, 0.15) is 11.9 Å². The molecule has 0 saturated heterocycles. The molecule has 88 valence electrons. The van der Waals surface area contributed by atoms with Gasteiger partial charge in [-0.15, -0.1) is 0 Å². The van der Waals surface area contributed by atoms with Crippen LogP contribution in [0.3, 0.4) is 0 Å². The molecule has 0 saturated carbocycles. The van der Waals surface area contributed by atoms with Gasteiger partial charge in [-0.25, -0.2) is 0 Å². The Bertz CT molecular complexity index is 459. The lowest BCUT2D eigenvalue weighted by molar-refractivity contribution is 0.214. The van der Waals surface area contributed by atoms with E-state index in [1.165, 1.54) is 0 Å². The summed E-state index contributed by atoms with van der Waals surface area (Å²) in [6.07, 6.45) is 3.34. The van der Waals surface area contributed by atoms with E-state index in [1.807, 2.05) is 36.4 Å². The summed E-state index contributed by atoms with van der Waals surface area (Å²) < 4.78 is 6.86. The summed E-state index contributed by atoms with van der Waals surface area (Å²) in [5.74, 6) is 0.806. The van der Waals surface area contributed by atoms with E-state index in [2.05, 4.69) is 20.9 Å². The molecule has 2 aromatic rings. The van der Waals surface area contributed by atoms with Gasteiger partial charge >= 0.3 is 0 Å². The maximum Gasteiger partial charge on any atom is 0.136 e. The summed E-state index contributed by atoms with van der Waals surface area (Å²) in [5.41, 5.74) is 6.76. The van der Waals surface area contributed by atoms with Crippen LogP contribution >= 0.6 is 15.9 Å². The van der Waals surface area contributed by atoms with Crippen molar-refractivity contribution in [1.82, 2.24) is 4.98 Å². The minimum atomic E-state index is -0.140. The molecule has 0 radical (unpaired) electrons. The van der Waals surface area contributed by atoms with Crippen molar-refractivity contribution in [3.8, 4) is 5.75 Å². The molecule has 0 aliphatic heterocycles. The van der Waals surface area contributed by atoms with Crippen molar-refractivity contribution in [3.63, 3.8) is 0 Å². The Hall–Kier alpha value is -1.39. The number of nitrogens with zero attached hydrogens (tertiary/aromatic N) is 1. The van der Waals surface area contributed by atoms with Crippen LogP contribution in [0.4, 0.5) is 0 Å². The first-order valence-corrected chi connectivity index (χ1v) is 6.11. The van der Waals surface area contributed by atoms with E-state index < -0.39 is 0 Å². The second kappa shape index (κ2) is 5.80. The average molecular weight is 293 g/mol. The van der Waals surface area contributed by atoms with Crippen LogP contribution in [-0.2, 0) is 0 Å². The number of ether oxygens (including phenoxy) is 1. The first kappa shape index (κ1) is 12.1. The van der Waals surface area contributed by atoms with Crippen LogP contribution in [-0.4, -0.2) is 11.5 Å². The first-order valence-electron chi connectivity index (χ1n) is 5.32. The van der Waals surface area contributed by atoms with Gasteiger partial charge in [0.15, 0.2) is 0 Å². The molecule has 0 spiro atoms.